The minimum Gasteiger partial charge on any atom is -0.361 e. The maximum atomic E-state index is 12.3. The molecule has 7 nitrogen and oxygen atoms in total. The summed E-state index contributed by atoms with van der Waals surface area (Å²) >= 11 is 0. The number of hydrogen-bond donors (Lipinski definition) is 1. The quantitative estimate of drug-likeness (QED) is 0.576. The lowest BCUT2D eigenvalue weighted by molar-refractivity contribution is -0.131. The Hall–Kier alpha value is -2.05. The molecular weight excluding hydrogens is 306 g/mol. The summed E-state index contributed by atoms with van der Waals surface area (Å²) in [6, 6.07) is 0. The fourth-order valence-corrected chi connectivity index (χ4v) is 2.56. The molecule has 24 heavy (non-hydrogen) atoms. The fraction of sp³-hybridized carbons (Fsp3) is 0.706. The van der Waals surface area contributed by atoms with Crippen LogP contribution in [0, 0.1) is 13.8 Å². The van der Waals surface area contributed by atoms with Gasteiger partial charge >= 0.3 is 0 Å². The first kappa shape index (κ1) is 20.0. The van der Waals surface area contributed by atoms with E-state index in [0.717, 1.165) is 49.0 Å². The Kier molecular flexibility index (Phi) is 8.29. The monoisotopic (exact) mass is 337 g/mol. The number of rotatable bonds is 8. The summed E-state index contributed by atoms with van der Waals surface area (Å²) in [5, 5.41) is 7.20. The summed E-state index contributed by atoms with van der Waals surface area (Å²) in [4.78, 5) is 20.6. The highest BCUT2D eigenvalue weighted by molar-refractivity contribution is 5.86. The molecule has 1 rings (SSSR count). The van der Waals surface area contributed by atoms with E-state index in [4.69, 9.17) is 4.52 Å². The molecule has 1 aromatic heterocycles. The largest absolute Gasteiger partial charge is 0.361 e. The van der Waals surface area contributed by atoms with Crippen molar-refractivity contribution >= 4 is 11.9 Å². The number of carbonyl (C=O) groups excluding carboxylic acids is 1. The van der Waals surface area contributed by atoms with Crippen LogP contribution in [0.2, 0.25) is 0 Å². The molecule has 0 radical (unpaired) electrons. The second-order valence-corrected chi connectivity index (χ2v) is 5.71. The third-order valence-corrected chi connectivity index (χ3v) is 3.99. The second-order valence-electron chi connectivity index (χ2n) is 5.71. The molecule has 1 heterocycles. The highest BCUT2D eigenvalue weighted by Gasteiger charge is 2.15. The van der Waals surface area contributed by atoms with Crippen molar-refractivity contribution in [3.05, 3.63) is 17.0 Å². The first-order chi connectivity index (χ1) is 11.4. The van der Waals surface area contributed by atoms with Crippen molar-refractivity contribution in [1.82, 2.24) is 20.3 Å². The van der Waals surface area contributed by atoms with Crippen molar-refractivity contribution in [1.29, 1.82) is 0 Å². The van der Waals surface area contributed by atoms with Crippen molar-refractivity contribution in [3.8, 4) is 0 Å². The third kappa shape index (κ3) is 5.54. The number of aliphatic imine (C=N–C) groups is 1. The van der Waals surface area contributed by atoms with Gasteiger partial charge < -0.3 is 19.6 Å². The van der Waals surface area contributed by atoms with Crippen molar-refractivity contribution < 1.29 is 9.32 Å². The third-order valence-electron chi connectivity index (χ3n) is 3.99. The molecule has 0 fully saturated rings. The Bertz CT molecular complexity index is 530. The van der Waals surface area contributed by atoms with Gasteiger partial charge in [-0.05, 0) is 41.0 Å². The normalized spacial score (nSPS) is 11.5. The molecule has 0 atom stereocenters. The van der Waals surface area contributed by atoms with Gasteiger partial charge in [0, 0.05) is 38.8 Å². The number of carbonyl (C=O) groups is 1. The van der Waals surface area contributed by atoms with Crippen LogP contribution in [0.3, 0.4) is 0 Å². The van der Waals surface area contributed by atoms with Gasteiger partial charge in [0.1, 0.15) is 5.76 Å². The molecule has 0 aliphatic heterocycles. The Balaban J connectivity index is 2.69. The molecule has 1 N–H and O–H groups in total. The van der Waals surface area contributed by atoms with E-state index in [2.05, 4.69) is 15.5 Å². The number of aryl methyl sites for hydroxylation is 2. The van der Waals surface area contributed by atoms with Gasteiger partial charge in [-0.15, -0.1) is 0 Å². The SMILES string of the molecule is CCNC(=NCCc1c(C)noc1C)N(C)CC(=O)N(CC)CC. The van der Waals surface area contributed by atoms with E-state index < -0.39 is 0 Å². The molecule has 1 aromatic rings. The van der Waals surface area contributed by atoms with Gasteiger partial charge in [-0.1, -0.05) is 5.16 Å². The van der Waals surface area contributed by atoms with E-state index in [9.17, 15) is 4.79 Å². The lowest BCUT2D eigenvalue weighted by Gasteiger charge is -2.25. The first-order valence-corrected chi connectivity index (χ1v) is 8.63. The lowest BCUT2D eigenvalue weighted by atomic mass is 10.1. The molecule has 0 bridgehead atoms. The van der Waals surface area contributed by atoms with Crippen LogP contribution in [0.4, 0.5) is 0 Å². The molecule has 0 spiro atoms. The fourth-order valence-electron chi connectivity index (χ4n) is 2.56. The highest BCUT2D eigenvalue weighted by Crippen LogP contribution is 2.12. The number of nitrogens with one attached hydrogen (secondary N) is 1. The zero-order chi connectivity index (χ0) is 18.1. The topological polar surface area (TPSA) is 74.0 Å². The van der Waals surface area contributed by atoms with E-state index in [1.54, 1.807) is 0 Å². The van der Waals surface area contributed by atoms with Crippen LogP contribution in [0.5, 0.6) is 0 Å². The lowest BCUT2D eigenvalue weighted by Crippen LogP contribution is -2.45. The summed E-state index contributed by atoms with van der Waals surface area (Å²) < 4.78 is 5.18. The molecular formula is C17H31N5O2. The van der Waals surface area contributed by atoms with Crippen LogP contribution in [-0.4, -0.2) is 66.6 Å². The Morgan fingerprint density at radius 1 is 1.25 bits per heavy atom. The number of hydrogen-bond acceptors (Lipinski definition) is 4. The Morgan fingerprint density at radius 3 is 2.42 bits per heavy atom. The van der Waals surface area contributed by atoms with Crippen LogP contribution in [0.25, 0.3) is 0 Å². The van der Waals surface area contributed by atoms with Gasteiger partial charge in [-0.25, -0.2) is 0 Å². The summed E-state index contributed by atoms with van der Waals surface area (Å²) in [6.07, 6.45) is 0.772. The first-order valence-electron chi connectivity index (χ1n) is 8.63. The molecule has 0 aromatic carbocycles. The van der Waals surface area contributed by atoms with Gasteiger partial charge in [-0.3, -0.25) is 9.79 Å². The molecule has 0 aliphatic rings. The maximum Gasteiger partial charge on any atom is 0.242 e. The van der Waals surface area contributed by atoms with Crippen LogP contribution in [0.15, 0.2) is 9.52 Å². The second kappa shape index (κ2) is 9.95. The number of amides is 1. The number of nitrogens with zero attached hydrogens (tertiary/aromatic N) is 4. The minimum atomic E-state index is 0.110. The van der Waals surface area contributed by atoms with E-state index in [1.807, 2.05) is 51.5 Å². The molecule has 0 aliphatic carbocycles. The Labute approximate surface area is 145 Å². The molecule has 0 saturated carbocycles. The average Bonchev–Trinajstić information content (AvgIpc) is 2.86. The number of guanidine groups is 1. The summed E-state index contributed by atoms with van der Waals surface area (Å²) in [5.74, 6) is 1.70. The zero-order valence-electron chi connectivity index (χ0n) is 15.8. The summed E-state index contributed by atoms with van der Waals surface area (Å²) in [5.41, 5.74) is 2.02. The number of likely N-dealkylation sites (N-methyl/N-ethyl adjacent to an activating group) is 2. The van der Waals surface area contributed by atoms with Gasteiger partial charge in [0.25, 0.3) is 0 Å². The van der Waals surface area contributed by atoms with Crippen LogP contribution < -0.4 is 5.32 Å². The maximum absolute atomic E-state index is 12.3. The number of aromatic nitrogens is 1. The van der Waals surface area contributed by atoms with E-state index in [-0.39, 0.29) is 5.91 Å². The summed E-state index contributed by atoms with van der Waals surface area (Å²) in [7, 11) is 1.89. The van der Waals surface area contributed by atoms with E-state index in [0.29, 0.717) is 13.1 Å². The standard InChI is InChI=1S/C17H31N5O2/c1-7-18-17(21(6)12-16(23)22(8-2)9-3)19-11-10-15-13(4)20-24-14(15)5/h7-12H2,1-6H3,(H,18,19). The van der Waals surface area contributed by atoms with Crippen molar-refractivity contribution in [2.45, 2.75) is 41.0 Å². The van der Waals surface area contributed by atoms with Crippen LogP contribution in [0.1, 0.15) is 37.8 Å². The molecule has 1 amide bonds. The van der Waals surface area contributed by atoms with Crippen LogP contribution >= 0.6 is 0 Å². The van der Waals surface area contributed by atoms with Crippen molar-refractivity contribution in [3.63, 3.8) is 0 Å². The molecule has 0 saturated heterocycles. The van der Waals surface area contributed by atoms with Crippen LogP contribution in [-0.2, 0) is 11.2 Å². The minimum absolute atomic E-state index is 0.110. The smallest absolute Gasteiger partial charge is 0.242 e. The van der Waals surface area contributed by atoms with Crippen molar-refractivity contribution in [2.24, 2.45) is 4.99 Å². The van der Waals surface area contributed by atoms with E-state index in [1.165, 1.54) is 0 Å². The molecule has 7 heteroatoms. The van der Waals surface area contributed by atoms with Gasteiger partial charge in [0.05, 0.1) is 12.2 Å². The Morgan fingerprint density at radius 2 is 1.92 bits per heavy atom. The van der Waals surface area contributed by atoms with Gasteiger partial charge in [0.2, 0.25) is 5.91 Å². The van der Waals surface area contributed by atoms with E-state index >= 15 is 0 Å². The van der Waals surface area contributed by atoms with Gasteiger partial charge in [-0.2, -0.15) is 0 Å². The summed E-state index contributed by atoms with van der Waals surface area (Å²) in [6.45, 7) is 13.0. The van der Waals surface area contributed by atoms with Crippen molar-refractivity contribution in [2.75, 3.05) is 39.8 Å². The molecule has 0 unspecified atom stereocenters. The zero-order valence-corrected chi connectivity index (χ0v) is 15.8. The predicted octanol–water partition coefficient (Wildman–Crippen LogP) is 1.60. The average molecular weight is 337 g/mol. The van der Waals surface area contributed by atoms with Gasteiger partial charge in [0.15, 0.2) is 5.96 Å². The highest BCUT2D eigenvalue weighted by atomic mass is 16.5. The molecule has 136 valence electrons. The predicted molar refractivity (Wildman–Crippen MR) is 96.2 cm³/mol.